The zero-order valence-electron chi connectivity index (χ0n) is 15.3. The van der Waals surface area contributed by atoms with E-state index in [1.165, 1.54) is 0 Å². The van der Waals surface area contributed by atoms with Gasteiger partial charge < -0.3 is 20.9 Å². The highest BCUT2D eigenvalue weighted by molar-refractivity contribution is 5.89. The molecule has 0 saturated carbocycles. The van der Waals surface area contributed by atoms with Crippen molar-refractivity contribution in [3.8, 4) is 0 Å². The van der Waals surface area contributed by atoms with Gasteiger partial charge in [0.25, 0.3) is 0 Å². The van der Waals surface area contributed by atoms with Crippen LogP contribution in [0.2, 0.25) is 0 Å². The molecular weight excluding hydrogens is 344 g/mol. The Morgan fingerprint density at radius 1 is 1.30 bits per heavy atom. The number of aromatic nitrogens is 2. The van der Waals surface area contributed by atoms with Crippen molar-refractivity contribution in [3.05, 3.63) is 48.4 Å². The van der Waals surface area contributed by atoms with E-state index < -0.39 is 0 Å². The largest absolute Gasteiger partial charge is 0.359 e. The number of hydrogen-bond donors (Lipinski definition) is 3. The first-order valence-corrected chi connectivity index (χ1v) is 9.02. The number of rotatable bonds is 5. The van der Waals surface area contributed by atoms with Crippen molar-refractivity contribution in [1.82, 2.24) is 20.6 Å². The molecule has 0 bridgehead atoms. The molecule has 0 aliphatic carbocycles. The van der Waals surface area contributed by atoms with Crippen LogP contribution in [-0.4, -0.2) is 48.1 Å². The Morgan fingerprint density at radius 2 is 2.19 bits per heavy atom. The van der Waals surface area contributed by atoms with Crippen LogP contribution in [0.3, 0.4) is 0 Å². The van der Waals surface area contributed by atoms with Crippen LogP contribution in [0, 0.1) is 0 Å². The van der Waals surface area contributed by atoms with Crippen LogP contribution in [0.5, 0.6) is 0 Å². The number of amides is 3. The van der Waals surface area contributed by atoms with Gasteiger partial charge in [0.2, 0.25) is 5.91 Å². The lowest BCUT2D eigenvalue weighted by Crippen LogP contribution is -2.49. The summed E-state index contributed by atoms with van der Waals surface area (Å²) in [5.74, 6) is 0.759. The lowest BCUT2D eigenvalue weighted by Gasteiger charge is -2.33. The highest BCUT2D eigenvalue weighted by Gasteiger charge is 2.22. The third kappa shape index (κ3) is 5.40. The molecule has 1 fully saturated rings. The van der Waals surface area contributed by atoms with E-state index in [9.17, 15) is 9.59 Å². The minimum atomic E-state index is -0.252. The topological polar surface area (TPSA) is 99.2 Å². The van der Waals surface area contributed by atoms with E-state index in [1.807, 2.05) is 18.2 Å². The minimum Gasteiger partial charge on any atom is -0.359 e. The highest BCUT2D eigenvalue weighted by atomic mass is 16.2. The first-order chi connectivity index (χ1) is 13.1. The Kier molecular flexibility index (Phi) is 6.19. The molecule has 2 aromatic rings. The van der Waals surface area contributed by atoms with Gasteiger partial charge in [0, 0.05) is 44.3 Å². The molecule has 1 aliphatic rings. The molecule has 0 radical (unpaired) electrons. The molecule has 1 aliphatic heterocycles. The molecule has 0 unspecified atom stereocenters. The summed E-state index contributed by atoms with van der Waals surface area (Å²) in [6, 6.07) is 7.08. The summed E-state index contributed by atoms with van der Waals surface area (Å²) in [7, 11) is 1.60. The van der Waals surface area contributed by atoms with Crippen molar-refractivity contribution in [2.75, 3.05) is 30.4 Å². The van der Waals surface area contributed by atoms with E-state index in [0.29, 0.717) is 12.2 Å². The molecule has 3 amide bonds. The Balaban J connectivity index is 1.54. The molecule has 8 heteroatoms. The standard InChI is InChI=1S/C19H24N6O2/c1-20-18(26)11-14-4-2-5-15(10-14)23-19(27)24-16-6-3-9-25(13-16)17-12-21-7-8-22-17/h2,4-5,7-8,10,12,16H,3,6,9,11,13H2,1H3,(H,20,26)(H2,23,24,27)/t16-/m1/s1. The van der Waals surface area contributed by atoms with E-state index in [4.69, 9.17) is 0 Å². The SMILES string of the molecule is CNC(=O)Cc1cccc(NC(=O)N[C@@H]2CCCN(c3cnccn3)C2)c1. The van der Waals surface area contributed by atoms with Crippen LogP contribution in [0.1, 0.15) is 18.4 Å². The van der Waals surface area contributed by atoms with Crippen molar-refractivity contribution in [2.24, 2.45) is 0 Å². The van der Waals surface area contributed by atoms with Gasteiger partial charge in [-0.3, -0.25) is 9.78 Å². The number of anilines is 2. The summed E-state index contributed by atoms with van der Waals surface area (Å²) in [6.45, 7) is 1.60. The molecule has 8 nitrogen and oxygen atoms in total. The van der Waals surface area contributed by atoms with Crippen LogP contribution in [0.25, 0.3) is 0 Å². The maximum atomic E-state index is 12.4. The fourth-order valence-corrected chi connectivity index (χ4v) is 3.14. The molecule has 142 valence electrons. The molecular formula is C19H24N6O2. The summed E-state index contributed by atoms with van der Waals surface area (Å²) >= 11 is 0. The molecule has 3 rings (SSSR count). The number of nitrogens with one attached hydrogen (secondary N) is 3. The van der Waals surface area contributed by atoms with E-state index in [2.05, 4.69) is 30.8 Å². The monoisotopic (exact) mass is 368 g/mol. The van der Waals surface area contributed by atoms with Gasteiger partial charge in [-0.25, -0.2) is 9.78 Å². The van der Waals surface area contributed by atoms with Crippen molar-refractivity contribution in [1.29, 1.82) is 0 Å². The zero-order valence-corrected chi connectivity index (χ0v) is 15.3. The van der Waals surface area contributed by atoms with Crippen molar-refractivity contribution >= 4 is 23.4 Å². The molecule has 2 heterocycles. The van der Waals surface area contributed by atoms with Gasteiger partial charge >= 0.3 is 6.03 Å². The second kappa shape index (κ2) is 8.98. The van der Waals surface area contributed by atoms with Gasteiger partial charge in [-0.05, 0) is 30.5 Å². The normalized spacial score (nSPS) is 16.5. The van der Waals surface area contributed by atoms with E-state index in [0.717, 1.165) is 30.8 Å². The quantitative estimate of drug-likeness (QED) is 0.744. The van der Waals surface area contributed by atoms with Crippen LogP contribution >= 0.6 is 0 Å². The van der Waals surface area contributed by atoms with E-state index in [1.54, 1.807) is 31.7 Å². The van der Waals surface area contributed by atoms with E-state index in [-0.39, 0.29) is 24.4 Å². The molecule has 1 aromatic carbocycles. The maximum Gasteiger partial charge on any atom is 0.319 e. The lowest BCUT2D eigenvalue weighted by molar-refractivity contribution is -0.119. The number of likely N-dealkylation sites (N-methyl/N-ethyl adjacent to an activating group) is 1. The summed E-state index contributed by atoms with van der Waals surface area (Å²) in [5, 5.41) is 8.46. The van der Waals surface area contributed by atoms with E-state index >= 15 is 0 Å². The van der Waals surface area contributed by atoms with Crippen LogP contribution in [-0.2, 0) is 11.2 Å². The van der Waals surface area contributed by atoms with Crippen LogP contribution in [0.4, 0.5) is 16.3 Å². The lowest BCUT2D eigenvalue weighted by atomic mass is 10.1. The Hall–Kier alpha value is -3.16. The van der Waals surface area contributed by atoms with Gasteiger partial charge in [0.05, 0.1) is 12.6 Å². The molecule has 27 heavy (non-hydrogen) atoms. The van der Waals surface area contributed by atoms with Gasteiger partial charge in [-0.1, -0.05) is 12.1 Å². The van der Waals surface area contributed by atoms with Gasteiger partial charge in [0.15, 0.2) is 0 Å². The second-order valence-electron chi connectivity index (χ2n) is 6.50. The smallest absolute Gasteiger partial charge is 0.319 e. The second-order valence-corrected chi connectivity index (χ2v) is 6.50. The van der Waals surface area contributed by atoms with Crippen molar-refractivity contribution in [2.45, 2.75) is 25.3 Å². The van der Waals surface area contributed by atoms with Crippen molar-refractivity contribution < 1.29 is 9.59 Å². The highest BCUT2D eigenvalue weighted by Crippen LogP contribution is 2.17. The number of carbonyl (C=O) groups is 2. The fraction of sp³-hybridized carbons (Fsp3) is 0.368. The minimum absolute atomic E-state index is 0.0369. The number of hydrogen-bond acceptors (Lipinski definition) is 5. The first kappa shape index (κ1) is 18.6. The Bertz CT molecular complexity index is 783. The number of nitrogens with zero attached hydrogens (tertiary/aromatic N) is 3. The summed E-state index contributed by atoms with van der Waals surface area (Å²) in [6.07, 6.45) is 7.23. The third-order valence-corrected chi connectivity index (χ3v) is 4.46. The summed E-state index contributed by atoms with van der Waals surface area (Å²) in [5.41, 5.74) is 1.51. The predicted octanol–water partition coefficient (Wildman–Crippen LogP) is 1.56. The van der Waals surface area contributed by atoms with Crippen molar-refractivity contribution in [3.63, 3.8) is 0 Å². The summed E-state index contributed by atoms with van der Waals surface area (Å²) < 4.78 is 0. The Labute approximate surface area is 158 Å². The number of benzene rings is 1. The number of carbonyl (C=O) groups excluding carboxylic acids is 2. The van der Waals surface area contributed by atoms with Crippen LogP contribution < -0.4 is 20.9 Å². The average molecular weight is 368 g/mol. The Morgan fingerprint density at radius 3 is 2.96 bits per heavy atom. The number of urea groups is 1. The maximum absolute atomic E-state index is 12.4. The third-order valence-electron chi connectivity index (χ3n) is 4.46. The molecule has 0 spiro atoms. The summed E-state index contributed by atoms with van der Waals surface area (Å²) in [4.78, 5) is 34.4. The van der Waals surface area contributed by atoms with Crippen LogP contribution in [0.15, 0.2) is 42.9 Å². The first-order valence-electron chi connectivity index (χ1n) is 9.02. The molecule has 3 N–H and O–H groups in total. The van der Waals surface area contributed by atoms with Gasteiger partial charge in [-0.2, -0.15) is 0 Å². The molecule has 1 saturated heterocycles. The molecule has 1 atom stereocenters. The molecule has 1 aromatic heterocycles. The van der Waals surface area contributed by atoms with Gasteiger partial charge in [0.1, 0.15) is 5.82 Å². The predicted molar refractivity (Wildman–Crippen MR) is 104 cm³/mol. The fourth-order valence-electron chi connectivity index (χ4n) is 3.14. The number of piperidine rings is 1. The van der Waals surface area contributed by atoms with Gasteiger partial charge in [-0.15, -0.1) is 0 Å². The average Bonchev–Trinajstić information content (AvgIpc) is 2.69. The zero-order chi connectivity index (χ0) is 19.1.